The molecule has 0 aliphatic carbocycles. The number of carboxylic acids is 1. The first-order valence-corrected chi connectivity index (χ1v) is 6.33. The van der Waals surface area contributed by atoms with Crippen LogP contribution in [0.1, 0.15) is 44.0 Å². The zero-order valence-corrected chi connectivity index (χ0v) is 11.8. The van der Waals surface area contributed by atoms with E-state index in [1.807, 2.05) is 0 Å². The Kier molecular flexibility index (Phi) is 5.03. The van der Waals surface area contributed by atoms with E-state index in [1.165, 1.54) is 6.07 Å². The van der Waals surface area contributed by atoms with E-state index < -0.39 is 5.97 Å². The van der Waals surface area contributed by atoms with Crippen LogP contribution in [0.25, 0.3) is 0 Å². The van der Waals surface area contributed by atoms with Crippen LogP contribution in [0.3, 0.4) is 0 Å². The lowest BCUT2D eigenvalue weighted by atomic mass is 9.91. The Bertz CT molecular complexity index is 422. The molecule has 0 fully saturated rings. The average Bonchev–Trinajstić information content (AvgIpc) is 2.22. The zero-order chi connectivity index (χ0) is 13.8. The van der Waals surface area contributed by atoms with Gasteiger partial charge in [0.15, 0.2) is 0 Å². The van der Waals surface area contributed by atoms with E-state index in [0.717, 1.165) is 12.8 Å². The molecule has 0 aliphatic heterocycles. The van der Waals surface area contributed by atoms with Gasteiger partial charge in [-0.2, -0.15) is 0 Å². The number of ether oxygens (including phenoxy) is 1. The molecule has 1 N–H and O–H groups in total. The molecule has 0 aromatic heterocycles. The Morgan fingerprint density at radius 2 is 2.06 bits per heavy atom. The fourth-order valence-corrected chi connectivity index (χ4v) is 1.74. The first-order chi connectivity index (χ1) is 8.29. The van der Waals surface area contributed by atoms with Crippen LogP contribution >= 0.6 is 11.6 Å². The minimum absolute atomic E-state index is 0.148. The van der Waals surface area contributed by atoms with Crippen molar-refractivity contribution in [1.82, 2.24) is 0 Å². The Labute approximate surface area is 113 Å². The van der Waals surface area contributed by atoms with Gasteiger partial charge in [0.25, 0.3) is 0 Å². The summed E-state index contributed by atoms with van der Waals surface area (Å²) in [6, 6.07) is 4.55. The first-order valence-electron chi connectivity index (χ1n) is 5.95. The average molecular weight is 271 g/mol. The third-order valence-corrected chi connectivity index (χ3v) is 2.74. The second-order valence-electron chi connectivity index (χ2n) is 5.46. The molecule has 100 valence electrons. The third kappa shape index (κ3) is 4.96. The van der Waals surface area contributed by atoms with Crippen molar-refractivity contribution in [2.75, 3.05) is 6.61 Å². The predicted octanol–water partition coefficient (Wildman–Crippen LogP) is 4.24. The van der Waals surface area contributed by atoms with Crippen LogP contribution in [0, 0.1) is 5.41 Å². The number of aromatic carboxylic acids is 1. The number of hydrogen-bond acceptors (Lipinski definition) is 2. The Morgan fingerprint density at radius 1 is 1.39 bits per heavy atom. The van der Waals surface area contributed by atoms with Crippen molar-refractivity contribution in [3.63, 3.8) is 0 Å². The zero-order valence-electron chi connectivity index (χ0n) is 11.0. The number of benzene rings is 1. The number of carbonyl (C=O) groups is 1. The quantitative estimate of drug-likeness (QED) is 0.814. The molecule has 0 atom stereocenters. The van der Waals surface area contributed by atoms with Crippen LogP contribution in [0.5, 0.6) is 5.75 Å². The summed E-state index contributed by atoms with van der Waals surface area (Å²) in [6.45, 7) is 6.98. The van der Waals surface area contributed by atoms with Crippen LogP contribution in [-0.2, 0) is 0 Å². The largest absolute Gasteiger partial charge is 0.493 e. The molecule has 0 heterocycles. The molecule has 1 aromatic rings. The van der Waals surface area contributed by atoms with Gasteiger partial charge in [-0.05, 0) is 36.5 Å². The van der Waals surface area contributed by atoms with Gasteiger partial charge in [-0.25, -0.2) is 4.79 Å². The summed E-state index contributed by atoms with van der Waals surface area (Å²) in [5.41, 5.74) is 0.406. The van der Waals surface area contributed by atoms with E-state index >= 15 is 0 Å². The van der Waals surface area contributed by atoms with E-state index in [9.17, 15) is 4.79 Å². The number of hydrogen-bond donors (Lipinski definition) is 1. The summed E-state index contributed by atoms with van der Waals surface area (Å²) in [4.78, 5) is 11.0. The SMILES string of the molecule is CC(C)(C)CCCOc1cc(Cl)ccc1C(=O)O. The van der Waals surface area contributed by atoms with Crippen LogP contribution in [-0.4, -0.2) is 17.7 Å². The molecule has 0 radical (unpaired) electrons. The molecule has 1 rings (SSSR count). The van der Waals surface area contributed by atoms with Crippen LogP contribution < -0.4 is 4.74 Å². The third-order valence-electron chi connectivity index (χ3n) is 2.50. The second kappa shape index (κ2) is 6.10. The van der Waals surface area contributed by atoms with Gasteiger partial charge in [0.05, 0.1) is 6.61 Å². The molecule has 0 unspecified atom stereocenters. The maximum Gasteiger partial charge on any atom is 0.339 e. The van der Waals surface area contributed by atoms with E-state index in [-0.39, 0.29) is 11.0 Å². The van der Waals surface area contributed by atoms with Gasteiger partial charge >= 0.3 is 5.97 Å². The molecule has 0 saturated carbocycles. The monoisotopic (exact) mass is 270 g/mol. The van der Waals surface area contributed by atoms with Crippen molar-refractivity contribution in [3.05, 3.63) is 28.8 Å². The highest BCUT2D eigenvalue weighted by atomic mass is 35.5. The number of halogens is 1. The van der Waals surface area contributed by atoms with Crippen LogP contribution in [0.2, 0.25) is 5.02 Å². The topological polar surface area (TPSA) is 46.5 Å². The van der Waals surface area contributed by atoms with Crippen molar-refractivity contribution in [3.8, 4) is 5.75 Å². The smallest absolute Gasteiger partial charge is 0.339 e. The van der Waals surface area contributed by atoms with Gasteiger partial charge in [0, 0.05) is 5.02 Å². The normalized spacial score (nSPS) is 11.3. The predicted molar refractivity (Wildman–Crippen MR) is 72.6 cm³/mol. The maximum absolute atomic E-state index is 11.0. The Morgan fingerprint density at radius 3 is 2.61 bits per heavy atom. The molecule has 0 spiro atoms. The first kappa shape index (κ1) is 14.8. The van der Waals surface area contributed by atoms with Gasteiger partial charge < -0.3 is 9.84 Å². The van der Waals surface area contributed by atoms with E-state index in [2.05, 4.69) is 20.8 Å². The van der Waals surface area contributed by atoms with Crippen molar-refractivity contribution in [2.45, 2.75) is 33.6 Å². The Balaban J connectivity index is 2.61. The van der Waals surface area contributed by atoms with Gasteiger partial charge in [-0.1, -0.05) is 32.4 Å². The molecular formula is C14H19ClO3. The summed E-state index contributed by atoms with van der Waals surface area (Å²) in [6.07, 6.45) is 1.91. The molecule has 1 aromatic carbocycles. The Hall–Kier alpha value is -1.22. The number of rotatable bonds is 5. The van der Waals surface area contributed by atoms with Crippen molar-refractivity contribution in [1.29, 1.82) is 0 Å². The van der Waals surface area contributed by atoms with Crippen molar-refractivity contribution >= 4 is 17.6 Å². The highest BCUT2D eigenvalue weighted by Gasteiger charge is 2.13. The fourth-order valence-electron chi connectivity index (χ4n) is 1.58. The standard InChI is InChI=1S/C14H19ClO3/c1-14(2,3)7-4-8-18-12-9-10(15)5-6-11(12)13(16)17/h5-6,9H,4,7-8H2,1-3H3,(H,16,17). The van der Waals surface area contributed by atoms with Gasteiger partial charge in [0.1, 0.15) is 11.3 Å². The molecular weight excluding hydrogens is 252 g/mol. The molecule has 0 aliphatic rings. The summed E-state index contributed by atoms with van der Waals surface area (Å²) in [5, 5.41) is 9.50. The van der Waals surface area contributed by atoms with Crippen molar-refractivity contribution < 1.29 is 14.6 Å². The summed E-state index contributed by atoms with van der Waals surface area (Å²) in [7, 11) is 0. The fraction of sp³-hybridized carbons (Fsp3) is 0.500. The minimum Gasteiger partial charge on any atom is -0.493 e. The van der Waals surface area contributed by atoms with Crippen molar-refractivity contribution in [2.24, 2.45) is 5.41 Å². The molecule has 0 saturated heterocycles. The highest BCUT2D eigenvalue weighted by Crippen LogP contribution is 2.25. The molecule has 0 amide bonds. The lowest BCUT2D eigenvalue weighted by Crippen LogP contribution is -2.09. The maximum atomic E-state index is 11.0. The molecule has 3 nitrogen and oxygen atoms in total. The second-order valence-corrected chi connectivity index (χ2v) is 5.89. The summed E-state index contributed by atoms with van der Waals surface area (Å²) >= 11 is 5.83. The van der Waals surface area contributed by atoms with Gasteiger partial charge in [-0.3, -0.25) is 0 Å². The van der Waals surface area contributed by atoms with E-state index in [0.29, 0.717) is 17.4 Å². The minimum atomic E-state index is -1.00. The van der Waals surface area contributed by atoms with Crippen LogP contribution in [0.15, 0.2) is 18.2 Å². The lowest BCUT2D eigenvalue weighted by Gasteiger charge is -2.18. The lowest BCUT2D eigenvalue weighted by molar-refractivity contribution is 0.0692. The summed E-state index contributed by atoms with van der Waals surface area (Å²) in [5.74, 6) is -0.665. The van der Waals surface area contributed by atoms with Crippen LogP contribution in [0.4, 0.5) is 0 Å². The highest BCUT2D eigenvalue weighted by molar-refractivity contribution is 6.30. The van der Waals surface area contributed by atoms with Gasteiger partial charge in [0.2, 0.25) is 0 Å². The van der Waals surface area contributed by atoms with Gasteiger partial charge in [-0.15, -0.1) is 0 Å². The molecule has 0 bridgehead atoms. The molecule has 4 heteroatoms. The van der Waals surface area contributed by atoms with E-state index in [1.54, 1.807) is 12.1 Å². The van der Waals surface area contributed by atoms with E-state index in [4.69, 9.17) is 21.4 Å². The number of carboxylic acid groups (broad SMARTS) is 1. The summed E-state index contributed by atoms with van der Waals surface area (Å²) < 4.78 is 5.51. The molecule has 18 heavy (non-hydrogen) atoms.